The van der Waals surface area contributed by atoms with Gasteiger partial charge in [-0.05, 0) is 47.9 Å². The standard InChI is InChI=1S/C21H27N3/c1-14(2)20-17(11-22-13-23-20)15-8-9-19-18(10-15)21(3,12-24(19)4)16-6-5-7-16/h8-11,13-14,16H,5-7,12H2,1-4H3. The van der Waals surface area contributed by atoms with Crippen molar-refractivity contribution in [2.75, 3.05) is 18.5 Å². The average Bonchev–Trinajstić information content (AvgIpc) is 2.76. The molecule has 2 aliphatic rings. The van der Waals surface area contributed by atoms with Crippen molar-refractivity contribution in [2.24, 2.45) is 5.92 Å². The Balaban J connectivity index is 1.83. The molecule has 1 aromatic heterocycles. The zero-order valence-corrected chi connectivity index (χ0v) is 15.2. The number of benzene rings is 1. The maximum atomic E-state index is 4.54. The molecular weight excluding hydrogens is 294 g/mol. The largest absolute Gasteiger partial charge is 0.373 e. The molecule has 0 saturated heterocycles. The predicted molar refractivity (Wildman–Crippen MR) is 99.5 cm³/mol. The fourth-order valence-electron chi connectivity index (χ4n) is 4.57. The van der Waals surface area contributed by atoms with Gasteiger partial charge in [-0.25, -0.2) is 9.97 Å². The molecule has 1 atom stereocenters. The van der Waals surface area contributed by atoms with Gasteiger partial charge in [-0.3, -0.25) is 0 Å². The van der Waals surface area contributed by atoms with Crippen molar-refractivity contribution >= 4 is 5.69 Å². The van der Waals surface area contributed by atoms with Gasteiger partial charge < -0.3 is 4.90 Å². The van der Waals surface area contributed by atoms with Crippen molar-refractivity contribution in [2.45, 2.75) is 51.4 Å². The molecule has 0 amide bonds. The highest BCUT2D eigenvalue weighted by molar-refractivity contribution is 5.73. The van der Waals surface area contributed by atoms with Crippen molar-refractivity contribution in [3.63, 3.8) is 0 Å². The van der Waals surface area contributed by atoms with Crippen LogP contribution in [0.3, 0.4) is 0 Å². The quantitative estimate of drug-likeness (QED) is 0.815. The molecule has 3 heteroatoms. The summed E-state index contributed by atoms with van der Waals surface area (Å²) in [7, 11) is 2.23. The van der Waals surface area contributed by atoms with Gasteiger partial charge in [0.25, 0.3) is 0 Å². The van der Waals surface area contributed by atoms with Gasteiger partial charge in [-0.15, -0.1) is 0 Å². The molecule has 0 bridgehead atoms. The third-order valence-electron chi connectivity index (χ3n) is 6.20. The van der Waals surface area contributed by atoms with E-state index in [2.05, 4.69) is 60.9 Å². The minimum atomic E-state index is 0.284. The smallest absolute Gasteiger partial charge is 0.115 e. The Labute approximate surface area is 145 Å². The number of fused-ring (bicyclic) bond motifs is 1. The summed E-state index contributed by atoms with van der Waals surface area (Å²) in [6.07, 6.45) is 7.78. The number of hydrogen-bond acceptors (Lipinski definition) is 3. The lowest BCUT2D eigenvalue weighted by molar-refractivity contribution is 0.191. The Hall–Kier alpha value is -1.90. The minimum Gasteiger partial charge on any atom is -0.373 e. The van der Waals surface area contributed by atoms with E-state index < -0.39 is 0 Å². The molecule has 0 N–H and O–H groups in total. The van der Waals surface area contributed by atoms with E-state index in [0.717, 1.165) is 18.2 Å². The molecule has 2 aromatic rings. The molecule has 1 saturated carbocycles. The summed E-state index contributed by atoms with van der Waals surface area (Å²) in [5.74, 6) is 1.23. The van der Waals surface area contributed by atoms with Crippen LogP contribution >= 0.6 is 0 Å². The Kier molecular flexibility index (Phi) is 3.63. The number of aromatic nitrogens is 2. The van der Waals surface area contributed by atoms with Crippen LogP contribution in [0.5, 0.6) is 0 Å². The molecule has 1 unspecified atom stereocenters. The maximum Gasteiger partial charge on any atom is 0.115 e. The Morgan fingerprint density at radius 3 is 2.71 bits per heavy atom. The molecule has 1 aliphatic heterocycles. The molecule has 3 nitrogen and oxygen atoms in total. The topological polar surface area (TPSA) is 29.0 Å². The summed E-state index contributed by atoms with van der Waals surface area (Å²) in [4.78, 5) is 11.3. The zero-order chi connectivity index (χ0) is 16.9. The van der Waals surface area contributed by atoms with Gasteiger partial charge >= 0.3 is 0 Å². The second kappa shape index (κ2) is 5.58. The summed E-state index contributed by atoms with van der Waals surface area (Å²) in [5, 5.41) is 0. The first kappa shape index (κ1) is 15.6. The van der Waals surface area contributed by atoms with Gasteiger partial charge in [0.05, 0.1) is 5.69 Å². The van der Waals surface area contributed by atoms with E-state index in [0.29, 0.717) is 5.92 Å². The number of rotatable bonds is 3. The van der Waals surface area contributed by atoms with Crippen LogP contribution in [0.25, 0.3) is 11.1 Å². The van der Waals surface area contributed by atoms with Crippen molar-refractivity contribution < 1.29 is 0 Å². The van der Waals surface area contributed by atoms with Crippen LogP contribution < -0.4 is 4.90 Å². The number of hydrogen-bond donors (Lipinski definition) is 0. The zero-order valence-electron chi connectivity index (χ0n) is 15.2. The summed E-state index contributed by atoms with van der Waals surface area (Å²) in [5.41, 5.74) is 6.79. The normalized spacial score (nSPS) is 23.5. The predicted octanol–water partition coefficient (Wildman–Crippen LogP) is 4.77. The molecule has 2 heterocycles. The van der Waals surface area contributed by atoms with Crippen molar-refractivity contribution in [1.82, 2.24) is 9.97 Å². The highest BCUT2D eigenvalue weighted by atomic mass is 15.1. The summed E-state index contributed by atoms with van der Waals surface area (Å²) in [6.45, 7) is 8.00. The van der Waals surface area contributed by atoms with Gasteiger partial charge in [-0.2, -0.15) is 0 Å². The first-order valence-electron chi connectivity index (χ1n) is 9.16. The second-order valence-corrected chi connectivity index (χ2v) is 8.11. The molecule has 0 spiro atoms. The Bertz CT molecular complexity index is 763. The van der Waals surface area contributed by atoms with Gasteiger partial charge in [0.2, 0.25) is 0 Å². The summed E-state index contributed by atoms with van der Waals surface area (Å²) < 4.78 is 0. The van der Waals surface area contributed by atoms with E-state index in [1.165, 1.54) is 41.6 Å². The van der Waals surface area contributed by atoms with Crippen LogP contribution in [0.4, 0.5) is 5.69 Å². The molecular formula is C21H27N3. The Morgan fingerprint density at radius 1 is 1.25 bits per heavy atom. The third-order valence-corrected chi connectivity index (χ3v) is 6.20. The van der Waals surface area contributed by atoms with Crippen LogP contribution in [0.2, 0.25) is 0 Å². The van der Waals surface area contributed by atoms with Gasteiger partial charge in [0.15, 0.2) is 0 Å². The molecule has 0 radical (unpaired) electrons. The van der Waals surface area contributed by atoms with E-state index in [1.54, 1.807) is 6.33 Å². The molecule has 1 fully saturated rings. The molecule has 1 aromatic carbocycles. The maximum absolute atomic E-state index is 4.54. The fourth-order valence-corrected chi connectivity index (χ4v) is 4.57. The minimum absolute atomic E-state index is 0.284. The van der Waals surface area contributed by atoms with Crippen LogP contribution in [0.1, 0.15) is 57.2 Å². The molecule has 24 heavy (non-hydrogen) atoms. The van der Waals surface area contributed by atoms with Crippen molar-refractivity contribution in [3.05, 3.63) is 42.0 Å². The third kappa shape index (κ3) is 2.25. The van der Waals surface area contributed by atoms with Gasteiger partial charge in [-0.1, -0.05) is 33.3 Å². The molecule has 4 rings (SSSR count). The molecule has 126 valence electrons. The number of likely N-dealkylation sites (N-methyl/N-ethyl adjacent to an activating group) is 1. The van der Waals surface area contributed by atoms with Gasteiger partial charge in [0, 0.05) is 36.5 Å². The fraction of sp³-hybridized carbons (Fsp3) is 0.524. The lowest BCUT2D eigenvalue weighted by Gasteiger charge is -2.41. The summed E-state index contributed by atoms with van der Waals surface area (Å²) in [6, 6.07) is 6.96. The first-order chi connectivity index (χ1) is 11.5. The Morgan fingerprint density at radius 2 is 2.04 bits per heavy atom. The van der Waals surface area contributed by atoms with Crippen LogP contribution in [0, 0.1) is 5.92 Å². The lowest BCUT2D eigenvalue weighted by Crippen LogP contribution is -2.39. The lowest BCUT2D eigenvalue weighted by atomic mass is 9.64. The van der Waals surface area contributed by atoms with E-state index in [-0.39, 0.29) is 5.41 Å². The van der Waals surface area contributed by atoms with Crippen LogP contribution in [-0.4, -0.2) is 23.6 Å². The average molecular weight is 321 g/mol. The van der Waals surface area contributed by atoms with E-state index in [9.17, 15) is 0 Å². The molecule has 1 aliphatic carbocycles. The highest BCUT2D eigenvalue weighted by Gasteiger charge is 2.45. The second-order valence-electron chi connectivity index (χ2n) is 8.11. The van der Waals surface area contributed by atoms with Crippen LogP contribution in [0.15, 0.2) is 30.7 Å². The number of anilines is 1. The van der Waals surface area contributed by atoms with E-state index in [4.69, 9.17) is 0 Å². The van der Waals surface area contributed by atoms with E-state index >= 15 is 0 Å². The van der Waals surface area contributed by atoms with Crippen LogP contribution in [-0.2, 0) is 5.41 Å². The number of nitrogens with zero attached hydrogens (tertiary/aromatic N) is 3. The highest BCUT2D eigenvalue weighted by Crippen LogP contribution is 2.51. The first-order valence-corrected chi connectivity index (χ1v) is 9.16. The summed E-state index contributed by atoms with van der Waals surface area (Å²) >= 11 is 0. The van der Waals surface area contributed by atoms with Crippen molar-refractivity contribution in [1.29, 1.82) is 0 Å². The van der Waals surface area contributed by atoms with E-state index in [1.807, 2.05) is 6.20 Å². The van der Waals surface area contributed by atoms with Gasteiger partial charge in [0.1, 0.15) is 6.33 Å². The van der Waals surface area contributed by atoms with Crippen molar-refractivity contribution in [3.8, 4) is 11.1 Å². The SMILES string of the molecule is CC(C)c1ncncc1-c1ccc2c(c1)C(C)(C1CCC1)CN2C. The monoisotopic (exact) mass is 321 g/mol.